The van der Waals surface area contributed by atoms with Crippen LogP contribution in [0.25, 0.3) is 0 Å². The van der Waals surface area contributed by atoms with Crippen molar-refractivity contribution >= 4 is 5.97 Å². The van der Waals surface area contributed by atoms with Gasteiger partial charge in [0.15, 0.2) is 0 Å². The summed E-state index contributed by atoms with van der Waals surface area (Å²) in [6.45, 7) is 8.86. The van der Waals surface area contributed by atoms with E-state index in [-0.39, 0.29) is 42.0 Å². The minimum Gasteiger partial charge on any atom is -0.550 e. The molecule has 0 aliphatic rings. The van der Waals surface area contributed by atoms with Gasteiger partial charge in [0.05, 0.1) is 0 Å². The second-order valence-corrected chi connectivity index (χ2v) is 15.7. The van der Waals surface area contributed by atoms with Gasteiger partial charge in [0.1, 0.15) is 0 Å². The van der Waals surface area contributed by atoms with E-state index in [9.17, 15) is 9.90 Å². The number of rotatable bonds is 42. The van der Waals surface area contributed by atoms with Crippen molar-refractivity contribution in [3.05, 3.63) is 0 Å². The fourth-order valence-electron chi connectivity index (χ4n) is 7.63. The van der Waals surface area contributed by atoms with Crippen LogP contribution in [-0.4, -0.2) is 30.0 Å². The largest absolute Gasteiger partial charge is 1.00 e. The van der Waals surface area contributed by atoms with Crippen molar-refractivity contribution in [1.29, 1.82) is 0 Å². The first kappa shape index (κ1) is 51.5. The first-order valence-electron chi connectivity index (χ1n) is 22.6. The molecule has 1 atom stereocenters. The summed E-state index contributed by atoms with van der Waals surface area (Å²) in [6, 6.07) is 0.145. The first-order chi connectivity index (χ1) is 23.7. The van der Waals surface area contributed by atoms with E-state index in [0.717, 1.165) is 19.5 Å². The summed E-state index contributed by atoms with van der Waals surface area (Å²) in [7, 11) is 0. The van der Waals surface area contributed by atoms with Crippen molar-refractivity contribution < 1.29 is 39.5 Å². The van der Waals surface area contributed by atoms with Crippen LogP contribution in [0.4, 0.5) is 0 Å². The van der Waals surface area contributed by atoms with Crippen LogP contribution < -0.4 is 34.7 Å². The van der Waals surface area contributed by atoms with Gasteiger partial charge >= 0.3 is 29.6 Å². The maximum Gasteiger partial charge on any atom is 1.00 e. The standard InChI is InChI=1S/C45H91NO2.Na/c1-4-7-9-11-13-15-17-19-21-23-25-27-29-31-33-35-37-39-41-46(44(6-3)43-45(47)48)42-40-38-36-34-32-30-28-26-24-22-20-18-16-14-12-10-8-5-2;/h44H,4-43H2,1-3H3,(H,47,48);/q;+1/p-1. The van der Waals surface area contributed by atoms with Crippen LogP contribution in [0.15, 0.2) is 0 Å². The molecule has 0 amide bonds. The second-order valence-electron chi connectivity index (χ2n) is 15.7. The molecular formula is C45H90NNaO2. The number of aliphatic carboxylic acids is 1. The molecule has 288 valence electrons. The zero-order valence-corrected chi connectivity index (χ0v) is 36.6. The fourth-order valence-corrected chi connectivity index (χ4v) is 7.63. The second kappa shape index (κ2) is 44.6. The molecule has 0 aromatic carbocycles. The van der Waals surface area contributed by atoms with E-state index < -0.39 is 5.97 Å². The molecule has 0 saturated heterocycles. The number of hydrogen-bond acceptors (Lipinski definition) is 3. The molecule has 0 aliphatic carbocycles. The van der Waals surface area contributed by atoms with Gasteiger partial charge in [-0.1, -0.05) is 239 Å². The van der Waals surface area contributed by atoms with Crippen LogP contribution in [-0.2, 0) is 4.79 Å². The minimum atomic E-state index is -0.887. The van der Waals surface area contributed by atoms with Crippen LogP contribution >= 0.6 is 0 Å². The molecule has 0 radical (unpaired) electrons. The van der Waals surface area contributed by atoms with Crippen LogP contribution in [0.5, 0.6) is 0 Å². The number of carboxylic acids is 1. The van der Waals surface area contributed by atoms with E-state index in [2.05, 4.69) is 25.7 Å². The van der Waals surface area contributed by atoms with Crippen molar-refractivity contribution in [1.82, 2.24) is 4.90 Å². The van der Waals surface area contributed by atoms with Gasteiger partial charge in [-0.3, -0.25) is 0 Å². The van der Waals surface area contributed by atoms with Gasteiger partial charge in [0.2, 0.25) is 0 Å². The molecule has 0 bridgehead atoms. The summed E-state index contributed by atoms with van der Waals surface area (Å²) >= 11 is 0. The first-order valence-corrected chi connectivity index (χ1v) is 22.6. The molecule has 4 heteroatoms. The minimum absolute atomic E-state index is 0. The number of unbranched alkanes of at least 4 members (excludes halogenated alkanes) is 34. The van der Waals surface area contributed by atoms with Gasteiger partial charge in [-0.25, -0.2) is 0 Å². The third-order valence-electron chi connectivity index (χ3n) is 11.0. The Bertz CT molecular complexity index is 575. The number of carbonyl (C=O) groups is 1. The molecule has 0 heterocycles. The van der Waals surface area contributed by atoms with Crippen LogP contribution in [0.2, 0.25) is 0 Å². The van der Waals surface area contributed by atoms with Crippen LogP contribution in [0, 0.1) is 0 Å². The van der Waals surface area contributed by atoms with E-state index in [0.29, 0.717) is 0 Å². The fraction of sp³-hybridized carbons (Fsp3) is 0.978. The SMILES string of the molecule is CCCCCCCCCCCCCCCCCCCCN(CCCCCCCCCCCCCCCCCCCC)C(CC)CC(=O)[O-].[Na+]. The quantitative estimate of drug-likeness (QED) is 0.0470. The van der Waals surface area contributed by atoms with Gasteiger partial charge in [0, 0.05) is 18.4 Å². The van der Waals surface area contributed by atoms with E-state index in [1.54, 1.807) is 0 Å². The van der Waals surface area contributed by atoms with E-state index in [4.69, 9.17) is 0 Å². The molecule has 0 N–H and O–H groups in total. The predicted octanol–water partition coefficient (Wildman–Crippen LogP) is 11.3. The Morgan fingerprint density at radius 1 is 0.388 bits per heavy atom. The van der Waals surface area contributed by atoms with Crippen molar-refractivity contribution in [3.63, 3.8) is 0 Å². The molecule has 0 aromatic rings. The molecule has 1 unspecified atom stereocenters. The van der Waals surface area contributed by atoms with Crippen molar-refractivity contribution in [2.45, 2.75) is 271 Å². The third-order valence-corrected chi connectivity index (χ3v) is 11.0. The van der Waals surface area contributed by atoms with Gasteiger partial charge in [-0.2, -0.15) is 0 Å². The molecule has 0 spiro atoms. The summed E-state index contributed by atoms with van der Waals surface area (Å²) in [4.78, 5) is 13.9. The molecule has 0 rings (SSSR count). The summed E-state index contributed by atoms with van der Waals surface area (Å²) in [5.41, 5.74) is 0. The van der Waals surface area contributed by atoms with Crippen LogP contribution in [0.1, 0.15) is 265 Å². The molecule has 3 nitrogen and oxygen atoms in total. The normalized spacial score (nSPS) is 12.1. The van der Waals surface area contributed by atoms with E-state index >= 15 is 0 Å². The number of hydrogen-bond donors (Lipinski definition) is 0. The smallest absolute Gasteiger partial charge is 0.550 e. The Morgan fingerprint density at radius 3 is 0.776 bits per heavy atom. The Kier molecular flexibility index (Phi) is 46.9. The Balaban J connectivity index is 0. The Morgan fingerprint density at radius 2 is 0.592 bits per heavy atom. The van der Waals surface area contributed by atoms with Gasteiger partial charge in [-0.15, -0.1) is 0 Å². The Hall–Kier alpha value is 0.430. The zero-order chi connectivity index (χ0) is 35.0. The van der Waals surface area contributed by atoms with Gasteiger partial charge < -0.3 is 14.8 Å². The van der Waals surface area contributed by atoms with Crippen molar-refractivity contribution in [2.75, 3.05) is 13.1 Å². The average molecular weight is 700 g/mol. The third kappa shape index (κ3) is 41.1. The summed E-state index contributed by atoms with van der Waals surface area (Å²) in [5, 5.41) is 11.4. The molecule has 0 aliphatic heterocycles. The molecular weight excluding hydrogens is 609 g/mol. The number of carboxylic acid groups (broad SMARTS) is 1. The van der Waals surface area contributed by atoms with Gasteiger partial charge in [0.25, 0.3) is 0 Å². The Labute approximate surface area is 332 Å². The summed E-state index contributed by atoms with van der Waals surface area (Å²) in [5.74, 6) is -0.887. The maximum absolute atomic E-state index is 11.4. The summed E-state index contributed by atoms with van der Waals surface area (Å²) in [6.07, 6.45) is 51.6. The predicted molar refractivity (Wildman–Crippen MR) is 213 cm³/mol. The number of nitrogens with zero attached hydrogens (tertiary/aromatic N) is 1. The van der Waals surface area contributed by atoms with Crippen molar-refractivity contribution in [2.24, 2.45) is 0 Å². The van der Waals surface area contributed by atoms with Gasteiger partial charge in [-0.05, 0) is 32.4 Å². The average Bonchev–Trinajstić information content (AvgIpc) is 3.08. The maximum atomic E-state index is 11.4. The zero-order valence-electron chi connectivity index (χ0n) is 34.6. The van der Waals surface area contributed by atoms with E-state index in [1.807, 2.05) is 0 Å². The van der Waals surface area contributed by atoms with E-state index in [1.165, 1.54) is 231 Å². The molecule has 49 heavy (non-hydrogen) atoms. The molecule has 0 saturated carbocycles. The van der Waals surface area contributed by atoms with Crippen molar-refractivity contribution in [3.8, 4) is 0 Å². The number of carbonyl (C=O) groups excluding carboxylic acids is 1. The summed E-state index contributed by atoms with van der Waals surface area (Å²) < 4.78 is 0. The van der Waals surface area contributed by atoms with Crippen LogP contribution in [0.3, 0.4) is 0 Å². The molecule has 0 fully saturated rings. The molecule has 0 aromatic heterocycles. The monoisotopic (exact) mass is 700 g/mol. The topological polar surface area (TPSA) is 43.4 Å².